The Morgan fingerprint density at radius 2 is 2.06 bits per heavy atom. The monoisotopic (exact) mass is 425 g/mol. The molecule has 10 nitrogen and oxygen atoms in total. The summed E-state index contributed by atoms with van der Waals surface area (Å²) in [5, 5.41) is 10.6. The van der Waals surface area contributed by atoms with Crippen LogP contribution in [0.25, 0.3) is 11.0 Å². The van der Waals surface area contributed by atoms with Crippen molar-refractivity contribution in [3.05, 3.63) is 35.2 Å². The first-order valence-corrected chi connectivity index (χ1v) is 10.5. The van der Waals surface area contributed by atoms with E-state index in [2.05, 4.69) is 20.7 Å². The Morgan fingerprint density at radius 1 is 1.26 bits per heavy atom. The fourth-order valence-electron chi connectivity index (χ4n) is 3.80. The fourth-order valence-corrected chi connectivity index (χ4v) is 3.80. The van der Waals surface area contributed by atoms with E-state index in [4.69, 9.17) is 10.5 Å². The molecule has 0 saturated heterocycles. The molecule has 4 rings (SSSR count). The van der Waals surface area contributed by atoms with E-state index < -0.39 is 5.91 Å². The summed E-state index contributed by atoms with van der Waals surface area (Å²) in [4.78, 5) is 29.5. The number of amides is 2. The molecule has 2 aromatic heterocycles. The quantitative estimate of drug-likeness (QED) is 0.583. The van der Waals surface area contributed by atoms with Crippen LogP contribution in [0.15, 0.2) is 18.2 Å². The minimum Gasteiger partial charge on any atom is -0.491 e. The molecule has 1 aromatic carbocycles. The minimum atomic E-state index is -0.555. The van der Waals surface area contributed by atoms with Crippen LogP contribution in [0.5, 0.6) is 5.75 Å². The van der Waals surface area contributed by atoms with Gasteiger partial charge in [-0.05, 0) is 58.0 Å². The molecule has 0 spiro atoms. The van der Waals surface area contributed by atoms with Crippen LogP contribution in [0.1, 0.15) is 46.3 Å². The van der Waals surface area contributed by atoms with Crippen LogP contribution in [-0.2, 0) is 13.1 Å². The highest BCUT2D eigenvalue weighted by molar-refractivity contribution is 6.04. The molecule has 3 heterocycles. The molecule has 0 radical (unpaired) electrons. The van der Waals surface area contributed by atoms with E-state index in [1.54, 1.807) is 22.9 Å². The van der Waals surface area contributed by atoms with Crippen LogP contribution in [0, 0.1) is 6.92 Å². The average molecular weight is 425 g/mol. The van der Waals surface area contributed by atoms with Crippen LogP contribution < -0.4 is 21.1 Å². The summed E-state index contributed by atoms with van der Waals surface area (Å²) < 4.78 is 9.58. The van der Waals surface area contributed by atoms with Gasteiger partial charge in [-0.25, -0.2) is 4.98 Å². The van der Waals surface area contributed by atoms with Crippen LogP contribution in [0.4, 0.5) is 5.95 Å². The number of hydrogen-bond acceptors (Lipinski definition) is 6. The SMILES string of the molecule is CCn1nc(C)cc1C(=O)Nc1nc2cc(C(N)=O)cc3c2n1CCCNCCCO3. The lowest BCUT2D eigenvalue weighted by molar-refractivity contribution is 0.0995. The van der Waals surface area contributed by atoms with Gasteiger partial charge in [0, 0.05) is 18.7 Å². The number of rotatable bonds is 4. The Bertz CT molecular complexity index is 1130. The molecule has 0 saturated carbocycles. The summed E-state index contributed by atoms with van der Waals surface area (Å²) in [5.74, 6) is 0.0853. The Hall–Kier alpha value is -3.40. The average Bonchev–Trinajstić information content (AvgIpc) is 3.27. The molecular weight excluding hydrogens is 398 g/mol. The van der Waals surface area contributed by atoms with E-state index in [0.717, 1.165) is 37.1 Å². The van der Waals surface area contributed by atoms with E-state index in [-0.39, 0.29) is 5.91 Å². The van der Waals surface area contributed by atoms with Crippen LogP contribution in [-0.4, -0.2) is 50.8 Å². The molecular formula is C21H27N7O3. The molecule has 10 heteroatoms. The molecule has 1 aliphatic rings. The van der Waals surface area contributed by atoms with Crippen molar-refractivity contribution in [3.8, 4) is 5.75 Å². The van der Waals surface area contributed by atoms with Crippen molar-refractivity contribution in [1.82, 2.24) is 24.6 Å². The molecule has 0 bridgehead atoms. The summed E-state index contributed by atoms with van der Waals surface area (Å²) in [6.07, 6.45) is 1.68. The zero-order valence-electron chi connectivity index (χ0n) is 17.8. The molecule has 4 N–H and O–H groups in total. The third kappa shape index (κ3) is 4.24. The van der Waals surface area contributed by atoms with Gasteiger partial charge in [0.15, 0.2) is 0 Å². The zero-order chi connectivity index (χ0) is 22.0. The van der Waals surface area contributed by atoms with Gasteiger partial charge in [0.1, 0.15) is 17.0 Å². The van der Waals surface area contributed by atoms with Crippen LogP contribution in [0.3, 0.4) is 0 Å². The van der Waals surface area contributed by atoms with E-state index >= 15 is 0 Å². The number of imidazole rings is 1. The van der Waals surface area contributed by atoms with E-state index in [1.807, 2.05) is 18.4 Å². The van der Waals surface area contributed by atoms with E-state index in [1.165, 1.54) is 0 Å². The first-order valence-electron chi connectivity index (χ1n) is 10.5. The summed E-state index contributed by atoms with van der Waals surface area (Å²) in [6, 6.07) is 5.03. The van der Waals surface area contributed by atoms with Crippen LogP contribution >= 0.6 is 0 Å². The van der Waals surface area contributed by atoms with E-state index in [9.17, 15) is 9.59 Å². The normalized spacial score (nSPS) is 14.6. The smallest absolute Gasteiger partial charge is 0.276 e. The fraction of sp³-hybridized carbons (Fsp3) is 0.429. The number of anilines is 1. The molecule has 0 aliphatic carbocycles. The number of benzene rings is 1. The Morgan fingerprint density at radius 3 is 2.84 bits per heavy atom. The maximum absolute atomic E-state index is 13.0. The van der Waals surface area contributed by atoms with Gasteiger partial charge in [-0.2, -0.15) is 5.10 Å². The standard InChI is InChI=1S/C21H27N7O3/c1-3-28-16(10-13(2)26-28)20(30)25-21-24-15-11-14(19(22)29)12-17-18(15)27(21)8-4-6-23-7-5-9-31-17/h10-12,23H,3-9H2,1-2H3,(H2,22,29)(H,24,25,30). The summed E-state index contributed by atoms with van der Waals surface area (Å²) >= 11 is 0. The minimum absolute atomic E-state index is 0.293. The number of carbonyl (C=O) groups excluding carboxylic acids is 2. The van der Waals surface area contributed by atoms with Crippen molar-refractivity contribution < 1.29 is 14.3 Å². The molecule has 2 amide bonds. The van der Waals surface area contributed by atoms with Crippen LogP contribution in [0.2, 0.25) is 0 Å². The molecule has 31 heavy (non-hydrogen) atoms. The summed E-state index contributed by atoms with van der Waals surface area (Å²) in [5.41, 5.74) is 8.36. The van der Waals surface area contributed by atoms with Gasteiger partial charge in [-0.3, -0.25) is 19.6 Å². The van der Waals surface area contributed by atoms with Crippen molar-refractivity contribution in [3.63, 3.8) is 0 Å². The molecule has 164 valence electrons. The number of carbonyl (C=O) groups is 2. The lowest BCUT2D eigenvalue weighted by Crippen LogP contribution is -2.21. The highest BCUT2D eigenvalue weighted by Gasteiger charge is 2.21. The number of nitrogens with zero attached hydrogens (tertiary/aromatic N) is 4. The third-order valence-electron chi connectivity index (χ3n) is 5.24. The second-order valence-electron chi connectivity index (χ2n) is 7.54. The Labute approximate surface area is 179 Å². The summed E-state index contributed by atoms with van der Waals surface area (Å²) in [6.45, 7) is 7.16. The first-order chi connectivity index (χ1) is 15.0. The predicted molar refractivity (Wildman–Crippen MR) is 116 cm³/mol. The lowest BCUT2D eigenvalue weighted by Gasteiger charge is -2.13. The van der Waals surface area contributed by atoms with Crippen molar-refractivity contribution in [2.45, 2.75) is 39.8 Å². The second-order valence-corrected chi connectivity index (χ2v) is 7.54. The maximum Gasteiger partial charge on any atom is 0.276 e. The van der Waals surface area contributed by atoms with Crippen molar-refractivity contribution in [2.24, 2.45) is 5.73 Å². The number of ether oxygens (including phenoxy) is 1. The number of primary amides is 1. The van der Waals surface area contributed by atoms with Gasteiger partial charge in [-0.15, -0.1) is 0 Å². The largest absolute Gasteiger partial charge is 0.491 e. The van der Waals surface area contributed by atoms with Gasteiger partial charge in [0.05, 0.1) is 17.8 Å². The van der Waals surface area contributed by atoms with Crippen molar-refractivity contribution in [1.29, 1.82) is 0 Å². The van der Waals surface area contributed by atoms with E-state index in [0.29, 0.717) is 48.2 Å². The van der Waals surface area contributed by atoms with Crippen molar-refractivity contribution in [2.75, 3.05) is 25.0 Å². The molecule has 1 aliphatic heterocycles. The van der Waals surface area contributed by atoms with Gasteiger partial charge >= 0.3 is 0 Å². The number of nitrogens with two attached hydrogens (primary N) is 1. The molecule has 0 atom stereocenters. The predicted octanol–water partition coefficient (Wildman–Crippen LogP) is 1.67. The zero-order valence-corrected chi connectivity index (χ0v) is 17.8. The summed E-state index contributed by atoms with van der Waals surface area (Å²) in [7, 11) is 0. The topological polar surface area (TPSA) is 129 Å². The maximum atomic E-state index is 13.0. The third-order valence-corrected chi connectivity index (χ3v) is 5.24. The van der Waals surface area contributed by atoms with Crippen molar-refractivity contribution >= 4 is 28.8 Å². The van der Waals surface area contributed by atoms with Gasteiger partial charge in [0.2, 0.25) is 11.9 Å². The highest BCUT2D eigenvalue weighted by atomic mass is 16.5. The number of aromatic nitrogens is 4. The van der Waals surface area contributed by atoms with Gasteiger partial charge in [-0.1, -0.05) is 0 Å². The van der Waals surface area contributed by atoms with Gasteiger partial charge < -0.3 is 20.4 Å². The first kappa shape index (κ1) is 20.9. The Balaban J connectivity index is 1.79. The second kappa shape index (κ2) is 8.76. The Kier molecular flexibility index (Phi) is 5.90. The number of hydrogen-bond donors (Lipinski definition) is 3. The number of nitrogens with one attached hydrogen (secondary N) is 2. The molecule has 3 aromatic rings. The number of aryl methyl sites for hydroxylation is 3. The molecule has 0 unspecified atom stereocenters. The molecule has 0 fully saturated rings. The lowest BCUT2D eigenvalue weighted by atomic mass is 10.1. The van der Waals surface area contributed by atoms with Gasteiger partial charge in [0.25, 0.3) is 5.91 Å². The highest BCUT2D eigenvalue weighted by Crippen LogP contribution is 2.31.